The molecule has 0 aliphatic heterocycles. The Balaban J connectivity index is 3.22. The van der Waals surface area contributed by atoms with Crippen molar-refractivity contribution < 1.29 is 5.11 Å². The third-order valence-corrected chi connectivity index (χ3v) is 1.62. The lowest BCUT2D eigenvalue weighted by molar-refractivity contribution is 0.339. The number of aliphatic hydroxyl groups excluding tert-OH is 1. The van der Waals surface area contributed by atoms with Gasteiger partial charge in [-0.25, -0.2) is 0 Å². The van der Waals surface area contributed by atoms with Crippen LogP contribution >= 0.6 is 34.2 Å². The molecule has 36 valence electrons. The molecule has 6 heavy (non-hydrogen) atoms. The van der Waals surface area contributed by atoms with Crippen LogP contribution in [0.5, 0.6) is 0 Å². The van der Waals surface area contributed by atoms with E-state index in [4.69, 9.17) is 16.7 Å². The predicted molar refractivity (Wildman–Crippen MR) is 35.0 cm³/mol. The largest absolute Gasteiger partial charge is 0.391 e. The van der Waals surface area contributed by atoms with Gasteiger partial charge < -0.3 is 5.11 Å². The van der Waals surface area contributed by atoms with Gasteiger partial charge in [0.25, 0.3) is 0 Å². The smallest absolute Gasteiger partial charge is 0.0792 e. The Labute approximate surface area is 55.1 Å². The summed E-state index contributed by atoms with van der Waals surface area (Å²) >= 11 is 7.21. The first-order valence-corrected chi connectivity index (χ1v) is 2.99. The fourth-order valence-corrected chi connectivity index (χ4v) is 0.231. The van der Waals surface area contributed by atoms with E-state index in [9.17, 15) is 0 Å². The summed E-state index contributed by atoms with van der Waals surface area (Å²) in [7, 11) is 0. The van der Waals surface area contributed by atoms with Gasteiger partial charge in [-0.1, -0.05) is 34.2 Å². The molecule has 0 aromatic heterocycles. The van der Waals surface area contributed by atoms with Gasteiger partial charge in [-0.15, -0.1) is 0 Å². The molecule has 0 bridgehead atoms. The van der Waals surface area contributed by atoms with Crippen molar-refractivity contribution >= 4 is 34.2 Å². The van der Waals surface area contributed by atoms with Crippen LogP contribution in [0.25, 0.3) is 0 Å². The maximum absolute atomic E-state index is 8.13. The summed E-state index contributed by atoms with van der Waals surface area (Å²) in [4.78, 5) is 0. The zero-order chi connectivity index (χ0) is 4.99. The van der Waals surface area contributed by atoms with Crippen molar-refractivity contribution in [2.45, 2.75) is 0 Å². The topological polar surface area (TPSA) is 20.2 Å². The second-order valence-corrected chi connectivity index (χ2v) is 1.82. The van der Waals surface area contributed by atoms with Crippen LogP contribution in [0.15, 0.2) is 9.12 Å². The highest BCUT2D eigenvalue weighted by Crippen LogP contribution is 2.01. The monoisotopic (exact) mass is 218 g/mol. The predicted octanol–water partition coefficient (Wildman–Crippen LogP) is 1.49. The van der Waals surface area contributed by atoms with Crippen molar-refractivity contribution in [1.29, 1.82) is 0 Å². The van der Waals surface area contributed by atoms with E-state index in [-0.39, 0.29) is 6.61 Å². The molecule has 0 heterocycles. The average Bonchev–Trinajstić information content (AvgIpc) is 1.65. The van der Waals surface area contributed by atoms with E-state index in [1.54, 1.807) is 4.08 Å². The number of rotatable bonds is 1. The van der Waals surface area contributed by atoms with Gasteiger partial charge in [0.1, 0.15) is 0 Å². The van der Waals surface area contributed by atoms with Crippen molar-refractivity contribution in [3.05, 3.63) is 9.12 Å². The SMILES string of the molecule is OCC(Cl)=CI. The van der Waals surface area contributed by atoms with Gasteiger partial charge >= 0.3 is 0 Å². The lowest BCUT2D eigenvalue weighted by Gasteiger charge is -1.80. The van der Waals surface area contributed by atoms with Crippen LogP contribution in [0.1, 0.15) is 0 Å². The van der Waals surface area contributed by atoms with E-state index in [1.165, 1.54) is 0 Å². The van der Waals surface area contributed by atoms with Crippen molar-refractivity contribution in [3.63, 3.8) is 0 Å². The summed E-state index contributed by atoms with van der Waals surface area (Å²) in [6.45, 7) is -0.0511. The molecule has 0 saturated carbocycles. The molecular weight excluding hydrogens is 214 g/mol. The highest BCUT2D eigenvalue weighted by molar-refractivity contribution is 14.1. The van der Waals surface area contributed by atoms with Gasteiger partial charge in [-0.2, -0.15) is 0 Å². The summed E-state index contributed by atoms with van der Waals surface area (Å²) in [6, 6.07) is 0. The quantitative estimate of drug-likeness (QED) is 0.661. The molecule has 0 amide bonds. The fraction of sp³-hybridized carbons (Fsp3) is 0.333. The van der Waals surface area contributed by atoms with Crippen molar-refractivity contribution in [1.82, 2.24) is 0 Å². The summed E-state index contributed by atoms with van der Waals surface area (Å²) in [5.41, 5.74) is 0. The summed E-state index contributed by atoms with van der Waals surface area (Å²) in [5, 5.41) is 8.61. The molecule has 1 nitrogen and oxygen atoms in total. The molecule has 0 aliphatic rings. The maximum atomic E-state index is 8.13. The van der Waals surface area contributed by atoms with Gasteiger partial charge in [0.05, 0.1) is 6.61 Å². The first-order valence-electron chi connectivity index (χ1n) is 1.37. The Kier molecular flexibility index (Phi) is 4.36. The molecule has 0 saturated heterocycles. The fourth-order valence-electron chi connectivity index (χ4n) is 0.0345. The number of halogens is 2. The Morgan fingerprint density at radius 2 is 2.50 bits per heavy atom. The maximum Gasteiger partial charge on any atom is 0.0792 e. The normalized spacial score (nSPS) is 12.2. The highest BCUT2D eigenvalue weighted by Gasteiger charge is 1.79. The lowest BCUT2D eigenvalue weighted by atomic mass is 10.7. The molecule has 0 unspecified atom stereocenters. The zero-order valence-corrected chi connectivity index (χ0v) is 5.90. The molecule has 0 aliphatic carbocycles. The van der Waals surface area contributed by atoms with E-state index in [2.05, 4.69) is 0 Å². The van der Waals surface area contributed by atoms with Crippen LogP contribution in [0.4, 0.5) is 0 Å². The van der Waals surface area contributed by atoms with Crippen LogP contribution in [-0.2, 0) is 0 Å². The van der Waals surface area contributed by atoms with Gasteiger partial charge in [-0.05, 0) is 4.08 Å². The molecular formula is C3H4ClIO. The van der Waals surface area contributed by atoms with Crippen LogP contribution in [0.2, 0.25) is 0 Å². The van der Waals surface area contributed by atoms with Crippen LogP contribution in [0, 0.1) is 0 Å². The van der Waals surface area contributed by atoms with Gasteiger partial charge in [0.15, 0.2) is 0 Å². The van der Waals surface area contributed by atoms with E-state index >= 15 is 0 Å². The summed E-state index contributed by atoms with van der Waals surface area (Å²) in [5.74, 6) is 0. The Morgan fingerprint density at radius 3 is 2.50 bits per heavy atom. The van der Waals surface area contributed by atoms with Crippen LogP contribution in [-0.4, -0.2) is 11.7 Å². The first-order chi connectivity index (χ1) is 2.81. The number of hydrogen-bond donors (Lipinski definition) is 1. The molecule has 0 aromatic rings. The van der Waals surface area contributed by atoms with Crippen LogP contribution < -0.4 is 0 Å². The van der Waals surface area contributed by atoms with E-state index in [0.717, 1.165) is 0 Å². The van der Waals surface area contributed by atoms with Crippen LogP contribution in [0.3, 0.4) is 0 Å². The van der Waals surface area contributed by atoms with E-state index in [1.807, 2.05) is 22.6 Å². The van der Waals surface area contributed by atoms with Gasteiger partial charge in [0, 0.05) is 5.03 Å². The minimum absolute atomic E-state index is 0.0511. The van der Waals surface area contributed by atoms with Gasteiger partial charge in [0.2, 0.25) is 0 Å². The molecule has 0 fully saturated rings. The average molecular weight is 218 g/mol. The Bertz CT molecular complexity index is 61.8. The highest BCUT2D eigenvalue weighted by atomic mass is 127. The second kappa shape index (κ2) is 3.89. The van der Waals surface area contributed by atoms with E-state index in [0.29, 0.717) is 5.03 Å². The van der Waals surface area contributed by atoms with Gasteiger partial charge in [-0.3, -0.25) is 0 Å². The number of hydrogen-bond acceptors (Lipinski definition) is 1. The Hall–Kier alpha value is 0.720. The van der Waals surface area contributed by atoms with Crippen molar-refractivity contribution in [2.24, 2.45) is 0 Å². The standard InChI is InChI=1S/C3H4ClIO/c4-3(1-5)2-6/h1,6H,2H2. The van der Waals surface area contributed by atoms with Crippen molar-refractivity contribution in [2.75, 3.05) is 6.61 Å². The molecule has 0 radical (unpaired) electrons. The third-order valence-electron chi connectivity index (χ3n) is 0.269. The minimum atomic E-state index is -0.0511. The molecule has 1 N–H and O–H groups in total. The lowest BCUT2D eigenvalue weighted by Crippen LogP contribution is -1.75. The molecule has 0 aromatic carbocycles. The first kappa shape index (κ1) is 6.72. The Morgan fingerprint density at radius 1 is 2.00 bits per heavy atom. The van der Waals surface area contributed by atoms with Crippen molar-refractivity contribution in [3.8, 4) is 0 Å². The second-order valence-electron chi connectivity index (χ2n) is 0.714. The third kappa shape index (κ3) is 2.93. The molecule has 0 rings (SSSR count). The zero-order valence-electron chi connectivity index (χ0n) is 2.99. The molecule has 3 heteroatoms. The molecule has 0 atom stereocenters. The summed E-state index contributed by atoms with van der Waals surface area (Å²) in [6.07, 6.45) is 0. The minimum Gasteiger partial charge on any atom is -0.391 e. The number of aliphatic hydroxyl groups is 1. The summed E-state index contributed by atoms with van der Waals surface area (Å²) < 4.78 is 1.62. The molecule has 0 spiro atoms. The van der Waals surface area contributed by atoms with E-state index < -0.39 is 0 Å².